The summed E-state index contributed by atoms with van der Waals surface area (Å²) in [6, 6.07) is 20.9. The maximum absolute atomic E-state index is 13.2. The second-order valence-electron chi connectivity index (χ2n) is 7.18. The lowest BCUT2D eigenvalue weighted by Crippen LogP contribution is -2.22. The topological polar surface area (TPSA) is 89.4 Å². The molecule has 2 N–H and O–H groups in total. The molecule has 0 aliphatic carbocycles. The third-order valence-corrected chi connectivity index (χ3v) is 4.96. The summed E-state index contributed by atoms with van der Waals surface area (Å²) in [5.41, 5.74) is 1.83. The predicted molar refractivity (Wildman–Crippen MR) is 125 cm³/mol. The van der Waals surface area contributed by atoms with Crippen LogP contribution in [-0.4, -0.2) is 23.5 Å². The van der Waals surface area contributed by atoms with Crippen LogP contribution in [0.25, 0.3) is 16.5 Å². The highest BCUT2D eigenvalue weighted by molar-refractivity contribution is 6.12. The van der Waals surface area contributed by atoms with E-state index in [4.69, 9.17) is 4.74 Å². The van der Waals surface area contributed by atoms with E-state index in [0.717, 1.165) is 0 Å². The number of carbonyl (C=O) groups is 2. The van der Waals surface area contributed by atoms with Gasteiger partial charge in [-0.1, -0.05) is 24.3 Å². The Kier molecular flexibility index (Phi) is 5.72. The Bertz CT molecular complexity index is 1370. The third kappa shape index (κ3) is 4.22. The Balaban J connectivity index is 1.78. The number of nitrogens with one attached hydrogen (secondary N) is 2. The first-order chi connectivity index (χ1) is 15.5. The average molecular weight is 427 g/mol. The van der Waals surface area contributed by atoms with Crippen molar-refractivity contribution in [2.75, 3.05) is 17.7 Å². The molecule has 0 spiro atoms. The van der Waals surface area contributed by atoms with Gasteiger partial charge in [-0.05, 0) is 48.5 Å². The molecule has 4 aromatic rings. The number of hydrogen-bond acceptors (Lipinski definition) is 4. The van der Waals surface area contributed by atoms with Crippen molar-refractivity contribution in [3.63, 3.8) is 0 Å². The summed E-state index contributed by atoms with van der Waals surface area (Å²) in [4.78, 5) is 37.7. The number of methoxy groups -OCH3 is 1. The Morgan fingerprint density at radius 3 is 2.16 bits per heavy atom. The highest BCUT2D eigenvalue weighted by Crippen LogP contribution is 2.22. The number of pyridine rings is 1. The minimum atomic E-state index is -0.372. The highest BCUT2D eigenvalue weighted by Gasteiger charge is 2.16. The number of ether oxygens (including phenoxy) is 1. The van der Waals surface area contributed by atoms with Crippen molar-refractivity contribution < 1.29 is 14.3 Å². The fourth-order valence-electron chi connectivity index (χ4n) is 3.48. The Morgan fingerprint density at radius 1 is 0.844 bits per heavy atom. The predicted octanol–water partition coefficient (Wildman–Crippen LogP) is 4.21. The molecule has 0 aliphatic heterocycles. The number of nitrogens with zero attached hydrogens (tertiary/aromatic N) is 1. The monoisotopic (exact) mass is 427 g/mol. The van der Waals surface area contributed by atoms with E-state index >= 15 is 0 Å². The van der Waals surface area contributed by atoms with E-state index in [9.17, 15) is 14.4 Å². The molecule has 160 valence electrons. The van der Waals surface area contributed by atoms with Crippen molar-refractivity contribution in [2.24, 2.45) is 0 Å². The molecule has 0 aliphatic rings. The van der Waals surface area contributed by atoms with Crippen molar-refractivity contribution in [1.29, 1.82) is 0 Å². The fourth-order valence-corrected chi connectivity index (χ4v) is 3.48. The second kappa shape index (κ2) is 8.77. The standard InChI is InChI=1S/C25H21N3O4/c1-16(29)26-17-6-5-7-18(14-17)27-24(30)23-15-28(19-10-12-20(32-2)13-11-19)25(31)22-9-4-3-8-21(22)23/h3-15H,1-2H3,(H,26,29)(H,27,30). The van der Waals surface area contributed by atoms with Crippen molar-refractivity contribution in [2.45, 2.75) is 6.92 Å². The summed E-state index contributed by atoms with van der Waals surface area (Å²) in [6.07, 6.45) is 1.54. The first-order valence-electron chi connectivity index (χ1n) is 9.94. The van der Waals surface area contributed by atoms with Crippen LogP contribution in [0.5, 0.6) is 5.75 Å². The molecule has 0 atom stereocenters. The highest BCUT2D eigenvalue weighted by atomic mass is 16.5. The van der Waals surface area contributed by atoms with Gasteiger partial charge in [0.2, 0.25) is 5.91 Å². The van der Waals surface area contributed by atoms with Crippen LogP contribution < -0.4 is 20.9 Å². The first kappa shape index (κ1) is 20.9. The Morgan fingerprint density at radius 2 is 1.50 bits per heavy atom. The Labute approximate surface area is 184 Å². The van der Waals surface area contributed by atoms with Crippen LogP contribution in [0.3, 0.4) is 0 Å². The quantitative estimate of drug-likeness (QED) is 0.499. The maximum Gasteiger partial charge on any atom is 0.262 e. The number of amides is 2. The smallest absolute Gasteiger partial charge is 0.262 e. The zero-order valence-corrected chi connectivity index (χ0v) is 17.6. The zero-order chi connectivity index (χ0) is 22.7. The number of anilines is 2. The van der Waals surface area contributed by atoms with Crippen LogP contribution in [0, 0.1) is 0 Å². The van der Waals surface area contributed by atoms with Gasteiger partial charge in [0.25, 0.3) is 11.5 Å². The van der Waals surface area contributed by atoms with Gasteiger partial charge in [-0.15, -0.1) is 0 Å². The minimum absolute atomic E-state index is 0.203. The molecule has 3 aromatic carbocycles. The first-order valence-corrected chi connectivity index (χ1v) is 9.94. The molecule has 0 bridgehead atoms. The largest absolute Gasteiger partial charge is 0.497 e. The molecule has 7 heteroatoms. The van der Waals surface area contributed by atoms with E-state index in [0.29, 0.717) is 39.1 Å². The van der Waals surface area contributed by atoms with Gasteiger partial charge in [-0.3, -0.25) is 19.0 Å². The number of benzene rings is 3. The van der Waals surface area contributed by atoms with Crippen molar-refractivity contribution in [3.8, 4) is 11.4 Å². The molecule has 0 saturated heterocycles. The van der Waals surface area contributed by atoms with Gasteiger partial charge in [0.1, 0.15) is 5.75 Å². The molecule has 1 heterocycles. The summed E-state index contributed by atoms with van der Waals surface area (Å²) >= 11 is 0. The molecule has 0 radical (unpaired) electrons. The maximum atomic E-state index is 13.2. The molecular formula is C25H21N3O4. The zero-order valence-electron chi connectivity index (χ0n) is 17.6. The van der Waals surface area contributed by atoms with Crippen molar-refractivity contribution in [3.05, 3.63) is 94.9 Å². The molecular weight excluding hydrogens is 406 g/mol. The second-order valence-corrected chi connectivity index (χ2v) is 7.18. The van der Waals surface area contributed by atoms with Crippen LogP contribution in [0.4, 0.5) is 11.4 Å². The third-order valence-electron chi connectivity index (χ3n) is 4.96. The van der Waals surface area contributed by atoms with E-state index in [1.165, 1.54) is 11.5 Å². The van der Waals surface area contributed by atoms with Crippen LogP contribution in [-0.2, 0) is 4.79 Å². The van der Waals surface area contributed by atoms with E-state index < -0.39 is 0 Å². The molecule has 32 heavy (non-hydrogen) atoms. The molecule has 0 unspecified atom stereocenters. The lowest BCUT2D eigenvalue weighted by molar-refractivity contribution is -0.114. The SMILES string of the molecule is COc1ccc(-n2cc(C(=O)Nc3cccc(NC(C)=O)c3)c3ccccc3c2=O)cc1. The van der Waals surface area contributed by atoms with Crippen LogP contribution in [0.1, 0.15) is 17.3 Å². The Hall–Kier alpha value is -4.39. The number of hydrogen-bond donors (Lipinski definition) is 2. The molecule has 1 aromatic heterocycles. The number of fused-ring (bicyclic) bond motifs is 1. The van der Waals surface area contributed by atoms with Gasteiger partial charge in [0, 0.05) is 41.0 Å². The molecule has 7 nitrogen and oxygen atoms in total. The van der Waals surface area contributed by atoms with Crippen LogP contribution in [0.2, 0.25) is 0 Å². The van der Waals surface area contributed by atoms with Gasteiger partial charge >= 0.3 is 0 Å². The van der Waals surface area contributed by atoms with Crippen LogP contribution >= 0.6 is 0 Å². The molecule has 2 amide bonds. The van der Waals surface area contributed by atoms with Gasteiger partial charge in [-0.2, -0.15) is 0 Å². The van der Waals surface area contributed by atoms with Crippen molar-refractivity contribution >= 4 is 34.0 Å². The van der Waals surface area contributed by atoms with Gasteiger partial charge in [0.15, 0.2) is 0 Å². The number of carbonyl (C=O) groups excluding carboxylic acids is 2. The number of rotatable bonds is 5. The van der Waals surface area contributed by atoms with Gasteiger partial charge in [-0.25, -0.2) is 0 Å². The van der Waals surface area contributed by atoms with E-state index in [2.05, 4.69) is 10.6 Å². The van der Waals surface area contributed by atoms with E-state index in [1.807, 2.05) is 0 Å². The molecule has 4 rings (SSSR count). The van der Waals surface area contributed by atoms with E-state index in [1.54, 1.807) is 86.1 Å². The summed E-state index contributed by atoms with van der Waals surface area (Å²) in [6.45, 7) is 1.42. The summed E-state index contributed by atoms with van der Waals surface area (Å²) in [7, 11) is 1.57. The van der Waals surface area contributed by atoms with E-state index in [-0.39, 0.29) is 17.4 Å². The van der Waals surface area contributed by atoms with Crippen LogP contribution in [0.15, 0.2) is 83.8 Å². The summed E-state index contributed by atoms with van der Waals surface area (Å²) < 4.78 is 6.64. The average Bonchev–Trinajstić information content (AvgIpc) is 2.79. The van der Waals surface area contributed by atoms with Gasteiger partial charge in [0.05, 0.1) is 12.7 Å². The lowest BCUT2D eigenvalue weighted by Gasteiger charge is -2.13. The van der Waals surface area contributed by atoms with Crippen molar-refractivity contribution in [1.82, 2.24) is 4.57 Å². The fraction of sp³-hybridized carbons (Fsp3) is 0.0800. The van der Waals surface area contributed by atoms with Gasteiger partial charge < -0.3 is 15.4 Å². The summed E-state index contributed by atoms with van der Waals surface area (Å²) in [5, 5.41) is 6.53. The summed E-state index contributed by atoms with van der Waals surface area (Å²) in [5.74, 6) is 0.0917. The number of aromatic nitrogens is 1. The normalized spacial score (nSPS) is 10.6. The lowest BCUT2D eigenvalue weighted by atomic mass is 10.1. The molecule has 0 saturated carbocycles. The molecule has 0 fully saturated rings. The minimum Gasteiger partial charge on any atom is -0.497 e.